The van der Waals surface area contributed by atoms with E-state index in [0.29, 0.717) is 22.8 Å². The second-order valence-corrected chi connectivity index (χ2v) is 5.41. The van der Waals surface area contributed by atoms with Crippen LogP contribution in [0, 0.1) is 6.92 Å². The van der Waals surface area contributed by atoms with Gasteiger partial charge in [0, 0.05) is 19.7 Å². The number of aromatic nitrogens is 2. The molecule has 120 valence electrons. The van der Waals surface area contributed by atoms with E-state index >= 15 is 0 Å². The zero-order valence-electron chi connectivity index (χ0n) is 13.4. The topological polar surface area (TPSA) is 73.7 Å². The summed E-state index contributed by atoms with van der Waals surface area (Å²) in [5.41, 5.74) is 3.47. The van der Waals surface area contributed by atoms with Gasteiger partial charge in [0.05, 0.1) is 18.5 Å². The van der Waals surface area contributed by atoms with Crippen LogP contribution in [0.2, 0.25) is 0 Å². The minimum absolute atomic E-state index is 0.0400. The number of methoxy groups -OCH3 is 1. The predicted octanol–water partition coefficient (Wildman–Crippen LogP) is 1.54. The lowest BCUT2D eigenvalue weighted by Crippen LogP contribution is -2.35. The molecule has 1 aromatic carbocycles. The number of rotatable bonds is 2. The van der Waals surface area contributed by atoms with E-state index in [0.717, 1.165) is 11.1 Å². The van der Waals surface area contributed by atoms with Crippen LogP contribution in [0.25, 0.3) is 11.3 Å². The summed E-state index contributed by atoms with van der Waals surface area (Å²) >= 11 is 0. The Morgan fingerprint density at radius 1 is 1.30 bits per heavy atom. The molecule has 7 heteroatoms. The van der Waals surface area contributed by atoms with Crippen molar-refractivity contribution in [1.29, 1.82) is 0 Å². The van der Waals surface area contributed by atoms with Gasteiger partial charge in [0.15, 0.2) is 6.61 Å². The van der Waals surface area contributed by atoms with Crippen molar-refractivity contribution in [3.63, 3.8) is 0 Å². The van der Waals surface area contributed by atoms with Crippen molar-refractivity contribution in [2.24, 2.45) is 7.05 Å². The van der Waals surface area contributed by atoms with Crippen LogP contribution < -0.4 is 9.64 Å². The fourth-order valence-electron chi connectivity index (χ4n) is 2.59. The van der Waals surface area contributed by atoms with E-state index in [2.05, 4.69) is 5.10 Å². The lowest BCUT2D eigenvalue weighted by Gasteiger charge is -2.27. The smallest absolute Gasteiger partial charge is 0.356 e. The highest BCUT2D eigenvalue weighted by atomic mass is 16.5. The average molecular weight is 315 g/mol. The molecule has 0 fully saturated rings. The molecule has 0 aliphatic carbocycles. The number of fused-ring (bicyclic) bond motifs is 1. The number of esters is 1. The molecule has 2 aromatic rings. The highest BCUT2D eigenvalue weighted by Gasteiger charge is 2.24. The fraction of sp³-hybridized carbons (Fsp3) is 0.312. The third-order valence-corrected chi connectivity index (χ3v) is 3.94. The minimum atomic E-state index is -0.447. The number of ether oxygens (including phenoxy) is 2. The molecule has 0 saturated carbocycles. The van der Waals surface area contributed by atoms with Crippen LogP contribution >= 0.6 is 0 Å². The molecule has 1 aliphatic rings. The number of nitrogens with zero attached hydrogens (tertiary/aromatic N) is 3. The highest BCUT2D eigenvalue weighted by molar-refractivity contribution is 5.98. The first-order valence-electron chi connectivity index (χ1n) is 7.09. The number of hydrogen-bond acceptors (Lipinski definition) is 5. The molecule has 7 nitrogen and oxygen atoms in total. The van der Waals surface area contributed by atoms with E-state index in [1.807, 2.05) is 19.1 Å². The molecule has 1 amide bonds. The van der Waals surface area contributed by atoms with Crippen molar-refractivity contribution < 1.29 is 19.1 Å². The fourth-order valence-corrected chi connectivity index (χ4v) is 2.59. The van der Waals surface area contributed by atoms with Gasteiger partial charge < -0.3 is 14.4 Å². The van der Waals surface area contributed by atoms with E-state index in [-0.39, 0.29) is 12.5 Å². The van der Waals surface area contributed by atoms with Crippen molar-refractivity contribution in [1.82, 2.24) is 9.78 Å². The Balaban J connectivity index is 2.11. The first-order chi connectivity index (χ1) is 10.9. The summed E-state index contributed by atoms with van der Waals surface area (Å²) in [6, 6.07) is 5.40. The number of benzene rings is 1. The summed E-state index contributed by atoms with van der Waals surface area (Å²) in [4.78, 5) is 25.1. The third kappa shape index (κ3) is 2.44. The SMILES string of the molecule is COC(=O)c1cc(-c2cc3c(cc2C)OCC(=O)N3C)nn1C. The maximum Gasteiger partial charge on any atom is 0.356 e. The molecule has 1 aromatic heterocycles. The molecule has 0 radical (unpaired) electrons. The first kappa shape index (κ1) is 15.1. The molecular formula is C16H17N3O4. The van der Waals surface area contributed by atoms with Crippen LogP contribution in [0.3, 0.4) is 0 Å². The average Bonchev–Trinajstić information content (AvgIpc) is 2.91. The van der Waals surface area contributed by atoms with Gasteiger partial charge in [-0.2, -0.15) is 5.10 Å². The van der Waals surface area contributed by atoms with E-state index in [9.17, 15) is 9.59 Å². The number of carbonyl (C=O) groups excluding carboxylic acids is 2. The zero-order chi connectivity index (χ0) is 16.7. The highest BCUT2D eigenvalue weighted by Crippen LogP contribution is 2.37. The molecule has 0 bridgehead atoms. The Kier molecular flexibility index (Phi) is 3.55. The summed E-state index contributed by atoms with van der Waals surface area (Å²) in [5.74, 6) is 0.110. The van der Waals surface area contributed by atoms with Crippen LogP contribution in [0.1, 0.15) is 16.1 Å². The number of amides is 1. The van der Waals surface area contributed by atoms with Crippen LogP contribution in [-0.2, 0) is 16.6 Å². The predicted molar refractivity (Wildman–Crippen MR) is 83.6 cm³/mol. The maximum absolute atomic E-state index is 11.8. The Hall–Kier alpha value is -2.83. The van der Waals surface area contributed by atoms with E-state index in [4.69, 9.17) is 9.47 Å². The van der Waals surface area contributed by atoms with Crippen LogP contribution in [0.4, 0.5) is 5.69 Å². The van der Waals surface area contributed by atoms with Gasteiger partial charge in [-0.1, -0.05) is 0 Å². The molecular weight excluding hydrogens is 298 g/mol. The van der Waals surface area contributed by atoms with Gasteiger partial charge in [0.25, 0.3) is 5.91 Å². The Bertz CT molecular complexity index is 810. The molecule has 0 N–H and O–H groups in total. The molecule has 0 spiro atoms. The summed E-state index contributed by atoms with van der Waals surface area (Å²) in [5, 5.41) is 4.38. The quantitative estimate of drug-likeness (QED) is 0.786. The minimum Gasteiger partial charge on any atom is -0.482 e. The molecule has 3 rings (SSSR count). The first-order valence-corrected chi connectivity index (χ1v) is 7.09. The summed E-state index contributed by atoms with van der Waals surface area (Å²) in [7, 11) is 4.72. The Labute approximate surface area is 133 Å². The van der Waals surface area contributed by atoms with Gasteiger partial charge in [-0.3, -0.25) is 9.48 Å². The molecule has 23 heavy (non-hydrogen) atoms. The third-order valence-electron chi connectivity index (χ3n) is 3.94. The molecule has 2 heterocycles. The van der Waals surface area contributed by atoms with E-state index in [1.54, 1.807) is 25.1 Å². The number of anilines is 1. The normalized spacial score (nSPS) is 13.6. The monoisotopic (exact) mass is 315 g/mol. The van der Waals surface area contributed by atoms with Gasteiger partial charge in [0.1, 0.15) is 11.4 Å². The van der Waals surface area contributed by atoms with Crippen molar-refractivity contribution >= 4 is 17.6 Å². The van der Waals surface area contributed by atoms with Gasteiger partial charge in [-0.05, 0) is 30.7 Å². The van der Waals surface area contributed by atoms with Gasteiger partial charge in [-0.25, -0.2) is 4.79 Å². The van der Waals surface area contributed by atoms with Crippen molar-refractivity contribution in [2.45, 2.75) is 6.92 Å². The maximum atomic E-state index is 11.8. The van der Waals surface area contributed by atoms with E-state index < -0.39 is 5.97 Å². The number of carbonyl (C=O) groups is 2. The van der Waals surface area contributed by atoms with Gasteiger partial charge in [0.2, 0.25) is 0 Å². The van der Waals surface area contributed by atoms with Crippen LogP contribution in [-0.4, -0.2) is 42.4 Å². The Morgan fingerprint density at radius 2 is 2.04 bits per heavy atom. The number of aryl methyl sites for hydroxylation is 2. The van der Waals surface area contributed by atoms with Crippen molar-refractivity contribution in [3.8, 4) is 17.0 Å². The lowest BCUT2D eigenvalue weighted by atomic mass is 10.0. The Morgan fingerprint density at radius 3 is 2.74 bits per heavy atom. The second-order valence-electron chi connectivity index (χ2n) is 5.41. The van der Waals surface area contributed by atoms with Crippen molar-refractivity contribution in [3.05, 3.63) is 29.5 Å². The number of likely N-dealkylation sites (N-methyl/N-ethyl adjacent to an activating group) is 1. The summed E-state index contributed by atoms with van der Waals surface area (Å²) < 4.78 is 11.7. The van der Waals surface area contributed by atoms with E-state index in [1.165, 1.54) is 11.8 Å². The van der Waals surface area contributed by atoms with Gasteiger partial charge >= 0.3 is 5.97 Å². The zero-order valence-corrected chi connectivity index (χ0v) is 13.4. The summed E-state index contributed by atoms with van der Waals surface area (Å²) in [6.45, 7) is 1.97. The molecule has 0 unspecified atom stereocenters. The largest absolute Gasteiger partial charge is 0.482 e. The standard InChI is InChI=1S/C16H17N3O4/c1-9-5-14-12(18(2)15(20)8-23-14)6-10(9)11-7-13(16(21)22-4)19(3)17-11/h5-7H,8H2,1-4H3. The molecule has 0 atom stereocenters. The lowest BCUT2D eigenvalue weighted by molar-refractivity contribution is -0.120. The van der Waals surface area contributed by atoms with Crippen LogP contribution in [0.5, 0.6) is 5.75 Å². The number of hydrogen-bond donors (Lipinski definition) is 0. The van der Waals surface area contributed by atoms with Crippen LogP contribution in [0.15, 0.2) is 18.2 Å². The second kappa shape index (κ2) is 5.42. The summed E-state index contributed by atoms with van der Waals surface area (Å²) in [6.07, 6.45) is 0. The van der Waals surface area contributed by atoms with Crippen molar-refractivity contribution in [2.75, 3.05) is 25.7 Å². The van der Waals surface area contributed by atoms with Gasteiger partial charge in [-0.15, -0.1) is 0 Å². The molecule has 0 saturated heterocycles. The molecule has 1 aliphatic heterocycles.